The van der Waals surface area contributed by atoms with E-state index in [-0.39, 0.29) is 37.6 Å². The molecular weight excluding hydrogens is 222 g/mol. The first-order valence-corrected chi connectivity index (χ1v) is 4.47. The summed E-state index contributed by atoms with van der Waals surface area (Å²) < 4.78 is 13.8. The van der Waals surface area contributed by atoms with Gasteiger partial charge in [-0.25, -0.2) is 4.57 Å². The molecule has 52 valence electrons. The monoisotopic (exact) mass is 228 g/mol. The van der Waals surface area contributed by atoms with Gasteiger partial charge in [0.15, 0.2) is 0 Å². The van der Waals surface area contributed by atoms with Gasteiger partial charge in [-0.3, -0.25) is 4.52 Å². The fourth-order valence-electron chi connectivity index (χ4n) is 0.153. The van der Waals surface area contributed by atoms with E-state index in [1.807, 2.05) is 0 Å². The van der Waals surface area contributed by atoms with E-state index in [1.54, 1.807) is 0 Å². The van der Waals surface area contributed by atoms with Gasteiger partial charge in [0.25, 0.3) is 0 Å². The number of rotatable bonds is 3. The molecule has 7 heteroatoms. The van der Waals surface area contributed by atoms with Crippen LogP contribution in [0.15, 0.2) is 0 Å². The van der Waals surface area contributed by atoms with E-state index in [0.717, 1.165) is 0 Å². The van der Waals surface area contributed by atoms with E-state index in [1.165, 1.54) is 0 Å². The maximum absolute atomic E-state index is 9.84. The smallest absolute Gasteiger partial charge is 1.00 e. The van der Waals surface area contributed by atoms with E-state index in [9.17, 15) is 4.57 Å². The Morgan fingerprint density at radius 1 is 1.67 bits per heavy atom. The third-order valence-electron chi connectivity index (χ3n) is 0.337. The summed E-state index contributed by atoms with van der Waals surface area (Å²) in [6, 6.07) is 0. The number of alkyl halides is 1. The van der Waals surface area contributed by atoms with Gasteiger partial charge in [-0.15, -0.1) is 0 Å². The molecule has 0 radical (unpaired) electrons. The predicted octanol–water partition coefficient (Wildman–Crippen LogP) is -2.39. The Bertz CT molecular complexity index is 107. The molecule has 0 saturated carbocycles. The van der Waals surface area contributed by atoms with Crippen LogP contribution in [0, 0.1) is 0 Å². The Hall–Kier alpha value is 1.59. The Labute approximate surface area is 85.1 Å². The molecule has 0 heterocycles. The van der Waals surface area contributed by atoms with Crippen molar-refractivity contribution in [1.82, 2.24) is 0 Å². The van der Waals surface area contributed by atoms with E-state index < -0.39 is 7.82 Å². The largest absolute Gasteiger partial charge is 1.00 e. The molecule has 0 aliphatic rings. The van der Waals surface area contributed by atoms with Crippen molar-refractivity contribution in [2.45, 2.75) is 0 Å². The van der Waals surface area contributed by atoms with Crippen LogP contribution in [-0.4, -0.2) is 21.7 Å². The fraction of sp³-hybridized carbons (Fsp3) is 1.00. The Balaban J connectivity index is -0.000000245. The molecule has 2 N–H and O–H groups in total. The van der Waals surface area contributed by atoms with Crippen molar-refractivity contribution in [1.29, 1.82) is 0 Å². The fourth-order valence-corrected chi connectivity index (χ4v) is 0.895. The van der Waals surface area contributed by atoms with Crippen molar-refractivity contribution < 1.29 is 49.9 Å². The number of hydrogen-bond donors (Lipinski definition) is 2. The van der Waals surface area contributed by atoms with E-state index >= 15 is 0 Å². The Kier molecular flexibility index (Phi) is 9.25. The summed E-state index contributed by atoms with van der Waals surface area (Å²) in [5, 5.41) is 0.429. The molecular formula is C2H7BrNaO4P. The van der Waals surface area contributed by atoms with Gasteiger partial charge in [0, 0.05) is 5.33 Å². The van der Waals surface area contributed by atoms with Gasteiger partial charge in [-0.05, 0) is 0 Å². The zero-order valence-electron chi connectivity index (χ0n) is 5.95. The van der Waals surface area contributed by atoms with Crippen LogP contribution >= 0.6 is 23.8 Å². The quantitative estimate of drug-likeness (QED) is 0.322. The first-order valence-electron chi connectivity index (χ1n) is 1.82. The van der Waals surface area contributed by atoms with Crippen LogP contribution in [-0.2, 0) is 9.09 Å². The average Bonchev–Trinajstić information content (AvgIpc) is 1.59. The molecule has 0 saturated heterocycles. The van der Waals surface area contributed by atoms with Crippen molar-refractivity contribution in [2.24, 2.45) is 0 Å². The SMILES string of the molecule is O=P(O)(O)OCCBr.[H-].[Na+]. The summed E-state index contributed by atoms with van der Waals surface area (Å²) in [6.45, 7) is 0.0320. The van der Waals surface area contributed by atoms with E-state index in [0.29, 0.717) is 5.33 Å². The molecule has 0 atom stereocenters. The number of halogens is 1. The van der Waals surface area contributed by atoms with Gasteiger partial charge < -0.3 is 11.2 Å². The minimum Gasteiger partial charge on any atom is -1.00 e. The van der Waals surface area contributed by atoms with Crippen molar-refractivity contribution >= 4 is 23.8 Å². The maximum atomic E-state index is 9.84. The molecule has 0 amide bonds. The Morgan fingerprint density at radius 2 is 2.11 bits per heavy atom. The third kappa shape index (κ3) is 12.7. The summed E-state index contributed by atoms with van der Waals surface area (Å²) >= 11 is 2.93. The summed E-state index contributed by atoms with van der Waals surface area (Å²) in [5.41, 5.74) is 0. The van der Waals surface area contributed by atoms with Crippen molar-refractivity contribution in [2.75, 3.05) is 11.9 Å². The van der Waals surface area contributed by atoms with Crippen LogP contribution in [0.1, 0.15) is 1.43 Å². The zero-order valence-corrected chi connectivity index (χ0v) is 9.43. The molecule has 4 nitrogen and oxygen atoms in total. The van der Waals surface area contributed by atoms with Gasteiger partial charge in [-0.1, -0.05) is 15.9 Å². The van der Waals surface area contributed by atoms with Gasteiger partial charge in [0.05, 0.1) is 6.61 Å². The second-order valence-electron chi connectivity index (χ2n) is 1.01. The Morgan fingerprint density at radius 3 is 2.22 bits per heavy atom. The normalized spacial score (nSPS) is 10.6. The van der Waals surface area contributed by atoms with Crippen LogP contribution in [0.3, 0.4) is 0 Å². The molecule has 0 aliphatic carbocycles. The standard InChI is InChI=1S/C2H6BrO4P.Na.H/c3-1-2-7-8(4,5)6;;/h1-2H2,(H2,4,5,6);;/q;+1;-1. The molecule has 0 fully saturated rings. The van der Waals surface area contributed by atoms with Crippen molar-refractivity contribution in [3.63, 3.8) is 0 Å². The third-order valence-corrected chi connectivity index (χ3v) is 1.18. The molecule has 0 aromatic heterocycles. The number of phosphoric ester groups is 1. The summed E-state index contributed by atoms with van der Waals surface area (Å²) in [5.74, 6) is 0. The zero-order chi connectivity index (χ0) is 6.62. The van der Waals surface area contributed by atoms with E-state index in [4.69, 9.17) is 9.79 Å². The minimum absolute atomic E-state index is 0. The number of phosphoric acid groups is 1. The van der Waals surface area contributed by atoms with Crippen molar-refractivity contribution in [3.8, 4) is 0 Å². The van der Waals surface area contributed by atoms with E-state index in [2.05, 4.69) is 20.5 Å². The van der Waals surface area contributed by atoms with Crippen LogP contribution in [0.4, 0.5) is 0 Å². The summed E-state index contributed by atoms with van der Waals surface area (Å²) in [6.07, 6.45) is 0. The predicted molar refractivity (Wildman–Crippen MR) is 32.9 cm³/mol. The first kappa shape index (κ1) is 13.2. The molecule has 0 rings (SSSR count). The molecule has 0 bridgehead atoms. The molecule has 0 unspecified atom stereocenters. The van der Waals surface area contributed by atoms with Gasteiger partial charge >= 0.3 is 37.4 Å². The second kappa shape index (κ2) is 6.31. The van der Waals surface area contributed by atoms with Crippen molar-refractivity contribution in [3.05, 3.63) is 0 Å². The van der Waals surface area contributed by atoms with Crippen LogP contribution in [0.5, 0.6) is 0 Å². The van der Waals surface area contributed by atoms with Crippen LogP contribution in [0.2, 0.25) is 0 Å². The average molecular weight is 229 g/mol. The molecule has 9 heavy (non-hydrogen) atoms. The van der Waals surface area contributed by atoms with Gasteiger partial charge in [0.1, 0.15) is 0 Å². The molecule has 0 aromatic rings. The van der Waals surface area contributed by atoms with Gasteiger partial charge in [0.2, 0.25) is 0 Å². The molecule has 0 aliphatic heterocycles. The first-order chi connectivity index (χ1) is 3.56. The number of hydrogen-bond acceptors (Lipinski definition) is 2. The summed E-state index contributed by atoms with van der Waals surface area (Å²) in [4.78, 5) is 16.0. The van der Waals surface area contributed by atoms with Crippen LogP contribution in [0.25, 0.3) is 0 Å². The molecule has 0 aromatic carbocycles. The minimum atomic E-state index is -4.21. The maximum Gasteiger partial charge on any atom is 1.00 e. The molecule has 0 spiro atoms. The van der Waals surface area contributed by atoms with Gasteiger partial charge in [-0.2, -0.15) is 0 Å². The second-order valence-corrected chi connectivity index (χ2v) is 3.05. The topological polar surface area (TPSA) is 66.8 Å². The van der Waals surface area contributed by atoms with Crippen LogP contribution < -0.4 is 29.6 Å². The summed E-state index contributed by atoms with van der Waals surface area (Å²) in [7, 11) is -4.21.